The third-order valence-electron chi connectivity index (χ3n) is 9.53. The van der Waals surface area contributed by atoms with Gasteiger partial charge in [0.1, 0.15) is 52.6 Å². The predicted octanol–water partition coefficient (Wildman–Crippen LogP) is 1.10. The Kier molecular flexibility index (Phi) is 16.8. The summed E-state index contributed by atoms with van der Waals surface area (Å²) < 4.78 is 40.6. The van der Waals surface area contributed by atoms with Gasteiger partial charge in [0.2, 0.25) is 12.2 Å². The number of hydrogen-bond donors (Lipinski definition) is 8. The molecular formula is C39H69N5O15. The zero-order valence-electron chi connectivity index (χ0n) is 36.5. The molecule has 1 saturated carbocycles. The van der Waals surface area contributed by atoms with Crippen LogP contribution in [0.15, 0.2) is 11.8 Å². The van der Waals surface area contributed by atoms with Crippen molar-refractivity contribution in [2.45, 2.75) is 179 Å². The van der Waals surface area contributed by atoms with Crippen molar-refractivity contribution in [2.24, 2.45) is 11.7 Å². The lowest BCUT2D eigenvalue weighted by molar-refractivity contribution is -0.313. The number of hydrogen-bond acceptors (Lipinski definition) is 16. The van der Waals surface area contributed by atoms with E-state index in [1.807, 2.05) is 0 Å². The maximum absolute atomic E-state index is 13.4. The molecule has 2 unspecified atom stereocenters. The summed E-state index contributed by atoms with van der Waals surface area (Å²) >= 11 is 0. The van der Waals surface area contributed by atoms with Gasteiger partial charge in [-0.25, -0.2) is 14.4 Å². The van der Waals surface area contributed by atoms with Crippen LogP contribution in [0.25, 0.3) is 0 Å². The normalized spacial score (nSPS) is 32.1. The number of nitrogens with zero attached hydrogens (tertiary/aromatic N) is 1. The Morgan fingerprint density at radius 1 is 0.898 bits per heavy atom. The summed E-state index contributed by atoms with van der Waals surface area (Å²) in [5.41, 5.74) is 1.64. The monoisotopic (exact) mass is 847 g/mol. The molecule has 3 aliphatic rings. The second-order valence-electron chi connectivity index (χ2n) is 18.7. The van der Waals surface area contributed by atoms with Crippen molar-refractivity contribution in [1.29, 1.82) is 0 Å². The summed E-state index contributed by atoms with van der Waals surface area (Å²) in [4.78, 5) is 52.5. The Hall–Kier alpha value is -3.50. The highest BCUT2D eigenvalue weighted by Crippen LogP contribution is 2.36. The molecule has 3 rings (SSSR count). The number of nitrogens with two attached hydrogens (primary N) is 1. The lowest BCUT2D eigenvalue weighted by Crippen LogP contribution is -2.69. The highest BCUT2D eigenvalue weighted by atomic mass is 16.7. The summed E-state index contributed by atoms with van der Waals surface area (Å²) in [7, 11) is 1.35. The Labute approximate surface area is 346 Å². The quantitative estimate of drug-likeness (QED) is 0.128. The lowest BCUT2D eigenvalue weighted by Gasteiger charge is -2.50. The maximum Gasteiger partial charge on any atom is 0.410 e. The SMILES string of the molecule is C[C@H]1C[C@@H](NC(=O)[C@@H](O)CCNC(=O)OC(C)(C)C)[C@H](O[C@H]2OC[C@](C)(O)C(N(C)C(=O)OC(C)(C)C)[C@H]2O)[C@@H](O)[C@@H]1O[C@H]1OC(CN)=CCC1NC(=O)OC(C)(C)C. The number of ether oxygens (including phenoxy) is 7. The largest absolute Gasteiger partial charge is 0.466 e. The molecule has 0 spiro atoms. The first-order valence-electron chi connectivity index (χ1n) is 20.0. The van der Waals surface area contributed by atoms with E-state index in [9.17, 15) is 39.6 Å². The van der Waals surface area contributed by atoms with Crippen LogP contribution in [0.1, 0.15) is 95.4 Å². The van der Waals surface area contributed by atoms with E-state index in [-0.39, 0.29) is 32.4 Å². The van der Waals surface area contributed by atoms with E-state index in [2.05, 4.69) is 16.0 Å². The number of aliphatic hydroxyl groups excluding tert-OH is 3. The Morgan fingerprint density at radius 3 is 2.05 bits per heavy atom. The van der Waals surface area contributed by atoms with Gasteiger partial charge < -0.3 is 80.2 Å². The number of carbonyl (C=O) groups excluding carboxylic acids is 4. The van der Waals surface area contributed by atoms with E-state index < -0.39 is 120 Å². The molecule has 0 aromatic heterocycles. The number of carbonyl (C=O) groups is 4. The molecule has 12 atom stereocenters. The van der Waals surface area contributed by atoms with Crippen LogP contribution < -0.4 is 21.7 Å². The first kappa shape index (κ1) is 49.9. The van der Waals surface area contributed by atoms with Crippen LogP contribution in [-0.4, -0.2) is 160 Å². The highest BCUT2D eigenvalue weighted by molar-refractivity contribution is 5.81. The average molecular weight is 848 g/mol. The zero-order chi connectivity index (χ0) is 44.8. The second kappa shape index (κ2) is 19.9. The van der Waals surface area contributed by atoms with Crippen LogP contribution in [0.5, 0.6) is 0 Å². The van der Waals surface area contributed by atoms with Gasteiger partial charge in [-0.15, -0.1) is 0 Å². The predicted molar refractivity (Wildman–Crippen MR) is 210 cm³/mol. The van der Waals surface area contributed by atoms with Gasteiger partial charge >= 0.3 is 18.3 Å². The van der Waals surface area contributed by atoms with Gasteiger partial charge in [0.25, 0.3) is 0 Å². The molecule has 0 bridgehead atoms. The Balaban J connectivity index is 1.91. The maximum atomic E-state index is 13.4. The molecule has 9 N–H and O–H groups in total. The van der Waals surface area contributed by atoms with Crippen molar-refractivity contribution in [3.05, 3.63) is 11.8 Å². The summed E-state index contributed by atoms with van der Waals surface area (Å²) in [5.74, 6) is -1.00. The third kappa shape index (κ3) is 14.9. The molecule has 2 fully saturated rings. The molecule has 4 amide bonds. The van der Waals surface area contributed by atoms with Crippen molar-refractivity contribution < 1.29 is 72.8 Å². The smallest absolute Gasteiger partial charge is 0.410 e. The van der Waals surface area contributed by atoms with Crippen LogP contribution in [0.4, 0.5) is 14.4 Å². The fourth-order valence-corrected chi connectivity index (χ4v) is 6.96. The standard InChI is InChI=1S/C39H69N5O15/c1-20-17-23(42-30(48)24(45)15-16-41-33(49)57-36(2,3)4)28(56-32-26(47)29(39(11,52)19-53-32)44(12)35(51)59-38(8,9)10)25(46)27(20)55-31-22(14-13-21(18-40)54-31)43-34(50)58-37(5,6)7/h13,20,22-29,31-32,45-47,52H,14-19,40H2,1-12H3,(H,41,49)(H,42,48)(H,43,50)/t20-,22?,23+,24-,25-,26+,27+,28-,29?,31+,32+,39-/m0/s1. The minimum atomic E-state index is -1.79. The molecule has 0 aromatic rings. The van der Waals surface area contributed by atoms with Crippen molar-refractivity contribution in [2.75, 3.05) is 26.7 Å². The molecule has 340 valence electrons. The Morgan fingerprint density at radius 2 is 1.47 bits per heavy atom. The zero-order valence-corrected chi connectivity index (χ0v) is 36.5. The number of amides is 4. The molecule has 0 radical (unpaired) electrons. The van der Waals surface area contributed by atoms with E-state index in [1.165, 1.54) is 14.0 Å². The number of rotatable bonds is 12. The van der Waals surface area contributed by atoms with Gasteiger partial charge in [-0.1, -0.05) is 6.92 Å². The minimum Gasteiger partial charge on any atom is -0.466 e. The van der Waals surface area contributed by atoms with Crippen molar-refractivity contribution in [3.63, 3.8) is 0 Å². The van der Waals surface area contributed by atoms with Crippen LogP contribution in [-0.2, 0) is 38.0 Å². The molecule has 59 heavy (non-hydrogen) atoms. The van der Waals surface area contributed by atoms with Crippen LogP contribution in [0.3, 0.4) is 0 Å². The molecular weight excluding hydrogens is 778 g/mol. The van der Waals surface area contributed by atoms with E-state index in [4.69, 9.17) is 38.9 Å². The van der Waals surface area contributed by atoms with Gasteiger partial charge in [-0.2, -0.15) is 0 Å². The van der Waals surface area contributed by atoms with Crippen molar-refractivity contribution >= 4 is 24.2 Å². The molecule has 1 saturated heterocycles. The van der Waals surface area contributed by atoms with Gasteiger partial charge in [0, 0.05) is 13.6 Å². The van der Waals surface area contributed by atoms with Gasteiger partial charge in [0.05, 0.1) is 37.4 Å². The van der Waals surface area contributed by atoms with Crippen LogP contribution in [0.2, 0.25) is 0 Å². The molecule has 0 aromatic carbocycles. The van der Waals surface area contributed by atoms with Gasteiger partial charge in [-0.3, -0.25) is 4.79 Å². The minimum absolute atomic E-state index is 0.0246. The number of aliphatic hydroxyl groups is 4. The number of nitrogens with one attached hydrogen (secondary N) is 3. The molecule has 1 aliphatic carbocycles. The third-order valence-corrected chi connectivity index (χ3v) is 9.53. The van der Waals surface area contributed by atoms with E-state index in [0.29, 0.717) is 5.76 Å². The lowest BCUT2D eigenvalue weighted by atomic mass is 9.79. The molecule has 20 nitrogen and oxygen atoms in total. The average Bonchev–Trinajstić information content (AvgIpc) is 3.07. The second-order valence-corrected chi connectivity index (χ2v) is 18.7. The first-order chi connectivity index (χ1) is 27.0. The summed E-state index contributed by atoms with van der Waals surface area (Å²) in [6, 6.07) is -3.15. The summed E-state index contributed by atoms with van der Waals surface area (Å²) in [6.07, 6.45) is -10.6. The van der Waals surface area contributed by atoms with E-state index in [1.54, 1.807) is 75.3 Å². The highest BCUT2D eigenvalue weighted by Gasteiger charge is 2.54. The molecule has 2 heterocycles. The summed E-state index contributed by atoms with van der Waals surface area (Å²) in [6.45, 7) is 17.8. The topological polar surface area (TPSA) is 279 Å². The van der Waals surface area contributed by atoms with E-state index in [0.717, 1.165) is 4.90 Å². The van der Waals surface area contributed by atoms with Crippen molar-refractivity contribution in [3.8, 4) is 0 Å². The summed E-state index contributed by atoms with van der Waals surface area (Å²) in [5, 5.41) is 53.8. The van der Waals surface area contributed by atoms with Crippen LogP contribution >= 0.6 is 0 Å². The number of alkyl carbamates (subject to hydrolysis) is 2. The van der Waals surface area contributed by atoms with Crippen molar-refractivity contribution in [1.82, 2.24) is 20.9 Å². The van der Waals surface area contributed by atoms with Gasteiger partial charge in [-0.05, 0) is 100 Å². The van der Waals surface area contributed by atoms with Crippen LogP contribution in [0, 0.1) is 5.92 Å². The molecule has 20 heteroatoms. The number of likely N-dealkylation sites (N-methyl/N-ethyl adjacent to an activating group) is 1. The molecule has 2 aliphatic heterocycles. The Bertz CT molecular complexity index is 1480. The fourth-order valence-electron chi connectivity index (χ4n) is 6.96. The van der Waals surface area contributed by atoms with E-state index >= 15 is 0 Å². The first-order valence-corrected chi connectivity index (χ1v) is 20.0. The fraction of sp³-hybridized carbons (Fsp3) is 0.846. The van der Waals surface area contributed by atoms with Gasteiger partial charge in [0.15, 0.2) is 6.29 Å².